The zero-order chi connectivity index (χ0) is 16.5. The van der Waals surface area contributed by atoms with Gasteiger partial charge >= 0.3 is 6.03 Å². The van der Waals surface area contributed by atoms with Crippen molar-refractivity contribution >= 4 is 17.0 Å². The second-order valence-corrected chi connectivity index (χ2v) is 7.01. The molecule has 0 aliphatic rings. The molecule has 1 N–H and O–H groups in total. The van der Waals surface area contributed by atoms with Gasteiger partial charge in [0.05, 0.1) is 6.04 Å². The molecule has 1 aromatic heterocycles. The lowest BCUT2D eigenvalue weighted by Gasteiger charge is -2.31. The van der Waals surface area contributed by atoms with Crippen LogP contribution in [-0.4, -0.2) is 24.0 Å². The minimum atomic E-state index is -0.125. The molecule has 1 aromatic carbocycles. The Kier molecular flexibility index (Phi) is 4.50. The van der Waals surface area contributed by atoms with Crippen LogP contribution in [0.15, 0.2) is 34.7 Å². The number of fused-ring (bicyclic) bond motifs is 1. The van der Waals surface area contributed by atoms with Crippen LogP contribution in [0.1, 0.15) is 46.4 Å². The van der Waals surface area contributed by atoms with E-state index in [0.717, 1.165) is 16.7 Å². The first-order chi connectivity index (χ1) is 10.2. The second-order valence-electron chi connectivity index (χ2n) is 7.01. The van der Waals surface area contributed by atoms with E-state index in [0.29, 0.717) is 0 Å². The van der Waals surface area contributed by atoms with Gasteiger partial charge < -0.3 is 14.6 Å². The lowest BCUT2D eigenvalue weighted by atomic mass is 9.88. The molecule has 0 fully saturated rings. The standard InChI is InChI=1S/C18H26N2O2/c1-12(16-11-14-9-7-8-10-15(14)22-16)20(6)17(21)19-13(2)18(3,4)5/h7-13H,1-6H3,(H,19,21). The van der Waals surface area contributed by atoms with E-state index in [4.69, 9.17) is 4.42 Å². The summed E-state index contributed by atoms with van der Waals surface area (Å²) < 4.78 is 5.85. The van der Waals surface area contributed by atoms with Crippen molar-refractivity contribution < 1.29 is 9.21 Å². The molecule has 4 heteroatoms. The van der Waals surface area contributed by atoms with Crippen LogP contribution in [0.25, 0.3) is 11.0 Å². The summed E-state index contributed by atoms with van der Waals surface area (Å²) in [5, 5.41) is 4.11. The van der Waals surface area contributed by atoms with Gasteiger partial charge in [-0.2, -0.15) is 0 Å². The number of furan rings is 1. The van der Waals surface area contributed by atoms with E-state index < -0.39 is 0 Å². The molecule has 2 rings (SSSR count). The van der Waals surface area contributed by atoms with Crippen LogP contribution < -0.4 is 5.32 Å². The number of rotatable bonds is 3. The highest BCUT2D eigenvalue weighted by molar-refractivity contribution is 5.78. The van der Waals surface area contributed by atoms with E-state index in [2.05, 4.69) is 26.1 Å². The van der Waals surface area contributed by atoms with Crippen LogP contribution in [0.2, 0.25) is 0 Å². The number of nitrogens with one attached hydrogen (secondary N) is 1. The van der Waals surface area contributed by atoms with E-state index in [1.807, 2.05) is 44.2 Å². The second kappa shape index (κ2) is 6.03. The topological polar surface area (TPSA) is 45.5 Å². The fourth-order valence-electron chi connectivity index (χ4n) is 2.08. The summed E-state index contributed by atoms with van der Waals surface area (Å²) in [6.07, 6.45) is 0. The third-order valence-electron chi connectivity index (χ3n) is 4.40. The maximum absolute atomic E-state index is 12.4. The minimum absolute atomic E-state index is 0.0269. The summed E-state index contributed by atoms with van der Waals surface area (Å²) in [4.78, 5) is 14.1. The number of amides is 2. The Morgan fingerprint density at radius 3 is 2.45 bits per heavy atom. The zero-order valence-electron chi connectivity index (χ0n) is 14.3. The molecule has 0 bridgehead atoms. The average molecular weight is 302 g/mol. The molecule has 0 aliphatic carbocycles. The normalized spacial score (nSPS) is 14.6. The summed E-state index contributed by atoms with van der Waals surface area (Å²) in [5.74, 6) is 0.794. The number of carbonyl (C=O) groups excluding carboxylic acids is 1. The van der Waals surface area contributed by atoms with Gasteiger partial charge in [-0.15, -0.1) is 0 Å². The van der Waals surface area contributed by atoms with Gasteiger partial charge in [0.1, 0.15) is 11.3 Å². The van der Waals surface area contributed by atoms with Gasteiger partial charge in [-0.3, -0.25) is 0 Å². The van der Waals surface area contributed by atoms with Crippen LogP contribution >= 0.6 is 0 Å². The van der Waals surface area contributed by atoms with E-state index >= 15 is 0 Å². The lowest BCUT2D eigenvalue weighted by molar-refractivity contribution is 0.174. The minimum Gasteiger partial charge on any atom is -0.459 e. The van der Waals surface area contributed by atoms with E-state index in [1.165, 1.54) is 0 Å². The third-order valence-corrected chi connectivity index (χ3v) is 4.40. The van der Waals surface area contributed by atoms with Crippen LogP contribution in [0.3, 0.4) is 0 Å². The van der Waals surface area contributed by atoms with Gasteiger partial charge in [0, 0.05) is 18.5 Å². The molecular weight excluding hydrogens is 276 g/mol. The quantitative estimate of drug-likeness (QED) is 0.902. The molecule has 2 amide bonds. The van der Waals surface area contributed by atoms with Gasteiger partial charge in [0.15, 0.2) is 0 Å². The van der Waals surface area contributed by atoms with Crippen molar-refractivity contribution in [1.29, 1.82) is 0 Å². The van der Waals surface area contributed by atoms with Crippen molar-refractivity contribution in [3.63, 3.8) is 0 Å². The van der Waals surface area contributed by atoms with E-state index in [1.54, 1.807) is 11.9 Å². The molecular formula is C18H26N2O2. The first-order valence-corrected chi connectivity index (χ1v) is 7.72. The Bertz CT molecular complexity index is 621. The summed E-state index contributed by atoms with van der Waals surface area (Å²) >= 11 is 0. The third kappa shape index (κ3) is 3.43. The monoisotopic (exact) mass is 302 g/mol. The first kappa shape index (κ1) is 16.4. The number of benzene rings is 1. The molecule has 2 aromatic rings. The molecule has 0 radical (unpaired) electrons. The average Bonchev–Trinajstić information content (AvgIpc) is 2.88. The summed E-state index contributed by atoms with van der Waals surface area (Å²) in [6.45, 7) is 10.3. The Morgan fingerprint density at radius 1 is 1.23 bits per heavy atom. The Balaban J connectivity index is 2.11. The van der Waals surface area contributed by atoms with Crippen LogP contribution in [0.4, 0.5) is 4.79 Å². The maximum atomic E-state index is 12.4. The number of carbonyl (C=O) groups is 1. The highest BCUT2D eigenvalue weighted by atomic mass is 16.3. The van der Waals surface area contributed by atoms with Gasteiger partial charge in [0.25, 0.3) is 0 Å². The largest absolute Gasteiger partial charge is 0.459 e. The molecule has 120 valence electrons. The number of hydrogen-bond acceptors (Lipinski definition) is 2. The maximum Gasteiger partial charge on any atom is 0.317 e. The van der Waals surface area contributed by atoms with E-state index in [9.17, 15) is 4.79 Å². The van der Waals surface area contributed by atoms with Crippen molar-refractivity contribution in [2.24, 2.45) is 5.41 Å². The molecule has 2 atom stereocenters. The van der Waals surface area contributed by atoms with Crippen molar-refractivity contribution in [3.05, 3.63) is 36.1 Å². The van der Waals surface area contributed by atoms with Crippen LogP contribution in [-0.2, 0) is 0 Å². The predicted octanol–water partition coefficient (Wildman–Crippen LogP) is 4.57. The Hall–Kier alpha value is -1.97. The van der Waals surface area contributed by atoms with Crippen molar-refractivity contribution in [3.8, 4) is 0 Å². The summed E-state index contributed by atoms with van der Waals surface area (Å²) in [5.41, 5.74) is 0.875. The molecule has 0 aliphatic heterocycles. The molecule has 0 saturated carbocycles. The van der Waals surface area contributed by atoms with Gasteiger partial charge in [-0.05, 0) is 31.4 Å². The molecule has 0 spiro atoms. The summed E-state index contributed by atoms with van der Waals surface area (Å²) in [6, 6.07) is 9.75. The zero-order valence-corrected chi connectivity index (χ0v) is 14.3. The molecule has 1 heterocycles. The fraction of sp³-hybridized carbons (Fsp3) is 0.500. The Morgan fingerprint density at radius 2 is 1.86 bits per heavy atom. The lowest BCUT2D eigenvalue weighted by Crippen LogP contribution is -2.47. The van der Waals surface area contributed by atoms with Gasteiger partial charge in [-0.25, -0.2) is 4.79 Å². The van der Waals surface area contributed by atoms with Crippen molar-refractivity contribution in [1.82, 2.24) is 10.2 Å². The first-order valence-electron chi connectivity index (χ1n) is 7.72. The number of para-hydroxylation sites is 1. The van der Waals surface area contributed by atoms with Crippen LogP contribution in [0.5, 0.6) is 0 Å². The fourth-order valence-corrected chi connectivity index (χ4v) is 2.08. The molecule has 22 heavy (non-hydrogen) atoms. The van der Waals surface area contributed by atoms with Crippen molar-refractivity contribution in [2.45, 2.75) is 46.7 Å². The Labute approximate surface area is 132 Å². The van der Waals surface area contributed by atoms with E-state index in [-0.39, 0.29) is 23.5 Å². The SMILES string of the molecule is CC(c1cc2ccccc2o1)N(C)C(=O)NC(C)C(C)(C)C. The molecule has 2 unspecified atom stereocenters. The highest BCUT2D eigenvalue weighted by Crippen LogP contribution is 2.27. The van der Waals surface area contributed by atoms with Crippen molar-refractivity contribution in [2.75, 3.05) is 7.05 Å². The summed E-state index contributed by atoms with van der Waals surface area (Å²) in [7, 11) is 1.79. The smallest absolute Gasteiger partial charge is 0.317 e. The number of urea groups is 1. The van der Waals surface area contributed by atoms with Crippen LogP contribution in [0, 0.1) is 5.41 Å². The molecule has 0 saturated heterocycles. The highest BCUT2D eigenvalue weighted by Gasteiger charge is 2.26. The predicted molar refractivity (Wildman–Crippen MR) is 89.8 cm³/mol. The van der Waals surface area contributed by atoms with Gasteiger partial charge in [0.2, 0.25) is 0 Å². The molecule has 4 nitrogen and oxygen atoms in total. The number of nitrogens with zero attached hydrogens (tertiary/aromatic N) is 1. The number of hydrogen-bond donors (Lipinski definition) is 1. The van der Waals surface area contributed by atoms with Gasteiger partial charge in [-0.1, -0.05) is 39.0 Å².